The molecule has 112 valence electrons. The first-order valence-electron chi connectivity index (χ1n) is 6.97. The van der Waals surface area contributed by atoms with Gasteiger partial charge in [0.15, 0.2) is 0 Å². The molecular formula is C17H19BrClNS. The molecule has 0 aliphatic heterocycles. The first-order chi connectivity index (χ1) is 10.1. The van der Waals surface area contributed by atoms with E-state index >= 15 is 0 Å². The molecule has 2 aromatic rings. The van der Waals surface area contributed by atoms with Crippen LogP contribution in [0.1, 0.15) is 29.7 Å². The Morgan fingerprint density at radius 3 is 2.29 bits per heavy atom. The average Bonchev–Trinajstić information content (AvgIpc) is 2.50. The molecule has 0 aliphatic carbocycles. The Kier molecular flexibility index (Phi) is 6.62. The Balaban J connectivity index is 2.09. The zero-order valence-corrected chi connectivity index (χ0v) is 15.1. The smallest absolute Gasteiger partial charge is 0.0451 e. The molecule has 0 aromatic heterocycles. The van der Waals surface area contributed by atoms with Crippen LogP contribution in [-0.4, -0.2) is 6.04 Å². The first-order valence-corrected chi connectivity index (χ1v) is 9.19. The molecule has 1 nitrogen and oxygen atoms in total. The molecule has 21 heavy (non-hydrogen) atoms. The van der Waals surface area contributed by atoms with Crippen molar-refractivity contribution in [1.82, 2.24) is 0 Å². The molecule has 2 N–H and O–H groups in total. The van der Waals surface area contributed by atoms with E-state index in [9.17, 15) is 0 Å². The van der Waals surface area contributed by atoms with E-state index in [-0.39, 0.29) is 6.04 Å². The second-order valence-corrected chi connectivity index (χ2v) is 7.46. The average molecular weight is 385 g/mol. The van der Waals surface area contributed by atoms with E-state index in [1.165, 1.54) is 11.1 Å². The molecule has 0 saturated heterocycles. The molecule has 2 atom stereocenters. The van der Waals surface area contributed by atoms with Crippen molar-refractivity contribution in [2.45, 2.75) is 30.4 Å². The largest absolute Gasteiger partial charge is 0.326 e. The van der Waals surface area contributed by atoms with Crippen molar-refractivity contribution in [1.29, 1.82) is 0 Å². The molecule has 0 fully saturated rings. The maximum absolute atomic E-state index is 6.32. The van der Waals surface area contributed by atoms with E-state index in [1.54, 1.807) is 0 Å². The van der Waals surface area contributed by atoms with E-state index in [4.69, 9.17) is 17.3 Å². The van der Waals surface area contributed by atoms with Gasteiger partial charge in [-0.25, -0.2) is 0 Å². The third-order valence-electron chi connectivity index (χ3n) is 3.40. The summed E-state index contributed by atoms with van der Waals surface area (Å²) in [6, 6.07) is 16.6. The quantitative estimate of drug-likeness (QED) is 0.679. The first kappa shape index (κ1) is 16.9. The number of rotatable bonds is 6. The van der Waals surface area contributed by atoms with Gasteiger partial charge >= 0.3 is 0 Å². The van der Waals surface area contributed by atoms with Gasteiger partial charge < -0.3 is 5.73 Å². The summed E-state index contributed by atoms with van der Waals surface area (Å²) in [7, 11) is 0. The Hall–Kier alpha value is -0.480. The van der Waals surface area contributed by atoms with Crippen LogP contribution in [-0.2, 0) is 5.75 Å². The SMILES string of the molecule is CCC(N)C(SCc1ccc(Cl)cc1)c1ccc(Br)cc1. The molecule has 2 rings (SSSR count). The van der Waals surface area contributed by atoms with Gasteiger partial charge in [0.2, 0.25) is 0 Å². The topological polar surface area (TPSA) is 26.0 Å². The van der Waals surface area contributed by atoms with Crippen molar-refractivity contribution >= 4 is 39.3 Å². The summed E-state index contributed by atoms with van der Waals surface area (Å²) in [5, 5.41) is 1.08. The van der Waals surface area contributed by atoms with Crippen molar-refractivity contribution in [2.75, 3.05) is 0 Å². The van der Waals surface area contributed by atoms with Gasteiger partial charge in [-0.05, 0) is 41.8 Å². The Labute approximate surface area is 144 Å². The van der Waals surface area contributed by atoms with Crippen LogP contribution in [0.3, 0.4) is 0 Å². The second kappa shape index (κ2) is 8.23. The summed E-state index contributed by atoms with van der Waals surface area (Å²) in [6.45, 7) is 2.14. The standard InChI is InChI=1S/C17H19BrClNS/c1-2-16(20)17(13-5-7-14(18)8-6-13)21-11-12-3-9-15(19)10-4-12/h3-10,16-17H,2,11,20H2,1H3. The molecule has 2 aromatic carbocycles. The molecule has 0 bridgehead atoms. The van der Waals surface area contributed by atoms with Gasteiger partial charge in [0, 0.05) is 26.5 Å². The zero-order valence-electron chi connectivity index (χ0n) is 11.9. The van der Waals surface area contributed by atoms with Gasteiger partial charge in [0.1, 0.15) is 0 Å². The van der Waals surface area contributed by atoms with Crippen molar-refractivity contribution in [2.24, 2.45) is 5.73 Å². The predicted octanol–water partition coefficient (Wildman–Crippen LogP) is 5.81. The van der Waals surface area contributed by atoms with Gasteiger partial charge in [-0.15, -0.1) is 11.8 Å². The number of benzene rings is 2. The number of thioether (sulfide) groups is 1. The monoisotopic (exact) mass is 383 g/mol. The van der Waals surface area contributed by atoms with Gasteiger partial charge in [-0.1, -0.05) is 58.7 Å². The molecule has 0 saturated carbocycles. The highest BCUT2D eigenvalue weighted by Gasteiger charge is 2.19. The second-order valence-electron chi connectivity index (χ2n) is 4.98. The van der Waals surface area contributed by atoms with Crippen LogP contribution in [0.25, 0.3) is 0 Å². The lowest BCUT2D eigenvalue weighted by Gasteiger charge is -2.23. The fourth-order valence-corrected chi connectivity index (χ4v) is 3.84. The van der Waals surface area contributed by atoms with Gasteiger partial charge in [0.25, 0.3) is 0 Å². The minimum atomic E-state index is 0.156. The Morgan fingerprint density at radius 1 is 1.10 bits per heavy atom. The number of halogens is 2. The fourth-order valence-electron chi connectivity index (χ4n) is 2.10. The zero-order chi connectivity index (χ0) is 15.2. The molecular weight excluding hydrogens is 366 g/mol. The van der Waals surface area contributed by atoms with E-state index in [1.807, 2.05) is 23.9 Å². The van der Waals surface area contributed by atoms with E-state index < -0.39 is 0 Å². The lowest BCUT2D eigenvalue weighted by molar-refractivity contribution is 0.634. The van der Waals surface area contributed by atoms with Crippen molar-refractivity contribution in [3.8, 4) is 0 Å². The van der Waals surface area contributed by atoms with E-state index in [0.717, 1.165) is 21.7 Å². The minimum Gasteiger partial charge on any atom is -0.326 e. The molecule has 0 amide bonds. The highest BCUT2D eigenvalue weighted by molar-refractivity contribution is 9.10. The third-order valence-corrected chi connectivity index (χ3v) is 5.66. The van der Waals surface area contributed by atoms with Crippen LogP contribution < -0.4 is 5.73 Å². The molecule has 0 radical (unpaired) electrons. The van der Waals surface area contributed by atoms with Crippen LogP contribution >= 0.6 is 39.3 Å². The lowest BCUT2D eigenvalue weighted by atomic mass is 10.0. The van der Waals surface area contributed by atoms with E-state index in [2.05, 4.69) is 59.3 Å². The predicted molar refractivity (Wildman–Crippen MR) is 97.9 cm³/mol. The van der Waals surface area contributed by atoms with Crippen LogP contribution in [0.5, 0.6) is 0 Å². The minimum absolute atomic E-state index is 0.156. The lowest BCUT2D eigenvalue weighted by Crippen LogP contribution is -2.25. The fraction of sp³-hybridized carbons (Fsp3) is 0.294. The normalized spacial score (nSPS) is 13.9. The van der Waals surface area contributed by atoms with Crippen molar-refractivity contribution in [3.05, 3.63) is 69.2 Å². The third kappa shape index (κ3) is 5.03. The van der Waals surface area contributed by atoms with Gasteiger partial charge in [-0.2, -0.15) is 0 Å². The Morgan fingerprint density at radius 2 is 1.71 bits per heavy atom. The maximum atomic E-state index is 6.32. The maximum Gasteiger partial charge on any atom is 0.0451 e. The number of hydrogen-bond acceptors (Lipinski definition) is 2. The van der Waals surface area contributed by atoms with Crippen LogP contribution in [0.4, 0.5) is 0 Å². The van der Waals surface area contributed by atoms with Crippen LogP contribution in [0, 0.1) is 0 Å². The number of hydrogen-bond donors (Lipinski definition) is 1. The Bertz CT molecular complexity index is 556. The molecule has 4 heteroatoms. The molecule has 0 heterocycles. The highest BCUT2D eigenvalue weighted by atomic mass is 79.9. The molecule has 2 unspecified atom stereocenters. The summed E-state index contributed by atoms with van der Waals surface area (Å²) >= 11 is 11.3. The molecule has 0 aliphatic rings. The summed E-state index contributed by atoms with van der Waals surface area (Å²) in [4.78, 5) is 0. The van der Waals surface area contributed by atoms with Gasteiger partial charge in [0.05, 0.1) is 0 Å². The summed E-state index contributed by atoms with van der Waals surface area (Å²) in [6.07, 6.45) is 0.967. The van der Waals surface area contributed by atoms with Gasteiger partial charge in [-0.3, -0.25) is 0 Å². The van der Waals surface area contributed by atoms with Crippen LogP contribution in [0.2, 0.25) is 5.02 Å². The van der Waals surface area contributed by atoms with Crippen molar-refractivity contribution in [3.63, 3.8) is 0 Å². The van der Waals surface area contributed by atoms with Crippen LogP contribution in [0.15, 0.2) is 53.0 Å². The highest BCUT2D eigenvalue weighted by Crippen LogP contribution is 2.35. The van der Waals surface area contributed by atoms with Crippen molar-refractivity contribution < 1.29 is 0 Å². The summed E-state index contributed by atoms with van der Waals surface area (Å²) in [5.74, 6) is 0.936. The number of nitrogens with two attached hydrogens (primary N) is 1. The summed E-state index contributed by atoms with van der Waals surface area (Å²) in [5.41, 5.74) is 8.88. The van der Waals surface area contributed by atoms with E-state index in [0.29, 0.717) is 5.25 Å². The molecule has 0 spiro atoms. The summed E-state index contributed by atoms with van der Waals surface area (Å²) < 4.78 is 1.10.